The molecule has 12 N–H and O–H groups in total. The molecule has 2 rings (SSSR count). The zero-order valence-corrected chi connectivity index (χ0v) is 31.2. The molecule has 18 nitrogen and oxygen atoms in total. The minimum atomic E-state index is -3.92. The van der Waals surface area contributed by atoms with Gasteiger partial charge in [-0.1, -0.05) is 19.3 Å². The fourth-order valence-corrected chi connectivity index (χ4v) is 4.17. The zero-order valence-electron chi connectivity index (χ0n) is 29.6. The Labute approximate surface area is 310 Å². The van der Waals surface area contributed by atoms with Crippen molar-refractivity contribution in [1.82, 2.24) is 0 Å². The Morgan fingerprint density at radius 2 is 0.830 bits per heavy atom. The highest BCUT2D eigenvalue weighted by Gasteiger charge is 2.02. The molecular formula is C33H54N4O14S2. The van der Waals surface area contributed by atoms with Gasteiger partial charge in [0.05, 0.1) is 37.9 Å². The van der Waals surface area contributed by atoms with Crippen molar-refractivity contribution < 1.29 is 65.4 Å². The third-order valence-corrected chi connectivity index (χ3v) is 7.78. The smallest absolute Gasteiger partial charge is 0.303 e. The van der Waals surface area contributed by atoms with E-state index in [2.05, 4.69) is 0 Å². The molecule has 53 heavy (non-hydrogen) atoms. The number of hydrogen-bond acceptors (Lipinski definition) is 12. The number of nitrogens with one attached hydrogen (secondary N) is 2. The molecule has 0 unspecified atom stereocenters. The predicted molar refractivity (Wildman–Crippen MR) is 199 cm³/mol. The number of rotatable bonds is 23. The fraction of sp³-hybridized carbons (Fsp3) is 0.515. The van der Waals surface area contributed by atoms with Crippen molar-refractivity contribution in [2.45, 2.75) is 70.6 Å². The molecule has 2 aromatic rings. The van der Waals surface area contributed by atoms with Gasteiger partial charge in [0, 0.05) is 24.0 Å². The van der Waals surface area contributed by atoms with Crippen LogP contribution in [0.15, 0.2) is 48.5 Å². The molecule has 0 aromatic heterocycles. The van der Waals surface area contributed by atoms with Crippen LogP contribution in [0.4, 0.5) is 0 Å². The van der Waals surface area contributed by atoms with Crippen LogP contribution >= 0.6 is 0 Å². The number of aliphatic hydroxyl groups is 2. The predicted octanol–water partition coefficient (Wildman–Crippen LogP) is 2.89. The second-order valence-electron chi connectivity index (χ2n) is 11.1. The van der Waals surface area contributed by atoms with Crippen molar-refractivity contribution in [1.29, 1.82) is 10.8 Å². The molecule has 0 radical (unpaired) electrons. The van der Waals surface area contributed by atoms with Gasteiger partial charge >= 0.3 is 11.9 Å². The van der Waals surface area contributed by atoms with Crippen molar-refractivity contribution in [3.63, 3.8) is 0 Å². The van der Waals surface area contributed by atoms with Gasteiger partial charge in [0.2, 0.25) is 0 Å². The molecule has 2 aromatic carbocycles. The lowest BCUT2D eigenvalue weighted by Gasteiger charge is -2.08. The summed E-state index contributed by atoms with van der Waals surface area (Å²) in [7, 11) is -7.85. The average molecular weight is 795 g/mol. The minimum absolute atomic E-state index is 0.0635. The number of carbonyl (C=O) groups is 2. The van der Waals surface area contributed by atoms with Crippen LogP contribution in [0, 0.1) is 10.8 Å². The Kier molecular flexibility index (Phi) is 28.9. The van der Waals surface area contributed by atoms with Crippen LogP contribution in [0.2, 0.25) is 0 Å². The first-order chi connectivity index (χ1) is 24.8. The number of amidine groups is 2. The Bertz CT molecular complexity index is 1420. The van der Waals surface area contributed by atoms with Gasteiger partial charge in [-0.05, 0) is 87.1 Å². The number of nitrogen functional groups attached to an aromatic ring is 2. The van der Waals surface area contributed by atoms with E-state index in [1.165, 1.54) is 0 Å². The maximum absolute atomic E-state index is 10.1. The van der Waals surface area contributed by atoms with Gasteiger partial charge in [-0.25, -0.2) is 0 Å². The van der Waals surface area contributed by atoms with E-state index >= 15 is 0 Å². The topological polar surface area (TPSA) is 342 Å². The molecule has 0 saturated carbocycles. The lowest BCUT2D eigenvalue weighted by molar-refractivity contribution is -0.138. The minimum Gasteiger partial charge on any atom is -0.494 e. The molecule has 0 spiro atoms. The Morgan fingerprint density at radius 3 is 1.06 bits per heavy atom. The van der Waals surface area contributed by atoms with E-state index < -0.39 is 56.9 Å². The summed E-state index contributed by atoms with van der Waals surface area (Å²) >= 11 is 0. The third-order valence-electron chi connectivity index (χ3n) is 6.39. The highest BCUT2D eigenvalue weighted by atomic mass is 32.2. The number of hydrogen-bond donors (Lipinski definition) is 10. The first-order valence-electron chi connectivity index (χ1n) is 16.5. The van der Waals surface area contributed by atoms with E-state index in [1.54, 1.807) is 24.3 Å². The summed E-state index contributed by atoms with van der Waals surface area (Å²) in [4.78, 5) is 20.2. The van der Waals surface area contributed by atoms with Gasteiger partial charge in [0.25, 0.3) is 20.2 Å². The van der Waals surface area contributed by atoms with Crippen molar-refractivity contribution in [3.05, 3.63) is 59.7 Å². The molecule has 0 aliphatic rings. The summed E-state index contributed by atoms with van der Waals surface area (Å²) in [5.74, 6) is -0.946. The quantitative estimate of drug-likeness (QED) is 0.0334. The van der Waals surface area contributed by atoms with Gasteiger partial charge in [-0.3, -0.25) is 29.5 Å². The van der Waals surface area contributed by atoms with Crippen LogP contribution in [0.5, 0.6) is 11.5 Å². The molecule has 0 fully saturated rings. The summed E-state index contributed by atoms with van der Waals surface area (Å²) in [6.07, 6.45) is 8.67. The van der Waals surface area contributed by atoms with Gasteiger partial charge in [-0.15, -0.1) is 0 Å². The second kappa shape index (κ2) is 30.2. The largest absolute Gasteiger partial charge is 0.494 e. The van der Waals surface area contributed by atoms with Crippen LogP contribution in [0.25, 0.3) is 0 Å². The maximum atomic E-state index is 10.1. The van der Waals surface area contributed by atoms with Gasteiger partial charge in [0.15, 0.2) is 0 Å². The summed E-state index contributed by atoms with van der Waals surface area (Å²) in [6, 6.07) is 14.5. The number of benzene rings is 2. The Balaban J connectivity index is 0. The molecular weight excluding hydrogens is 741 g/mol. The van der Waals surface area contributed by atoms with Crippen LogP contribution in [0.1, 0.15) is 81.8 Å². The molecule has 0 atom stereocenters. The van der Waals surface area contributed by atoms with Crippen LogP contribution in [-0.2, 0) is 29.8 Å². The molecule has 20 heteroatoms. The van der Waals surface area contributed by atoms with E-state index in [4.69, 9.17) is 61.3 Å². The maximum Gasteiger partial charge on any atom is 0.303 e. The van der Waals surface area contributed by atoms with Crippen LogP contribution in [-0.4, -0.2) is 108 Å². The van der Waals surface area contributed by atoms with E-state index in [1.807, 2.05) is 24.3 Å². The van der Waals surface area contributed by atoms with Crippen LogP contribution < -0.4 is 20.9 Å². The second-order valence-corrected chi connectivity index (χ2v) is 14.2. The van der Waals surface area contributed by atoms with Crippen molar-refractivity contribution in [2.24, 2.45) is 11.5 Å². The summed E-state index contributed by atoms with van der Waals surface area (Å²) in [5.41, 5.74) is 12.2. The lowest BCUT2D eigenvalue weighted by Crippen LogP contribution is -2.10. The summed E-state index contributed by atoms with van der Waals surface area (Å²) in [6.45, 7) is 0.289. The number of nitrogens with two attached hydrogens (primary N) is 2. The molecule has 0 bridgehead atoms. The number of carboxylic acid groups (broad SMARTS) is 2. The van der Waals surface area contributed by atoms with E-state index in [0.29, 0.717) is 37.2 Å². The molecule has 0 amide bonds. The first kappa shape index (κ1) is 50.8. The van der Waals surface area contributed by atoms with Crippen LogP contribution in [0.3, 0.4) is 0 Å². The SMILES string of the molecule is N=C(N)c1ccc(OCCCCCCOc2ccc(C(=N)N)cc2)cc1.O=C(O)CCCCCCCC(=O)O.O=S(=O)(O)CCO.O=S(=O)(O)CCO. The van der Waals surface area contributed by atoms with Crippen molar-refractivity contribution in [3.8, 4) is 11.5 Å². The monoisotopic (exact) mass is 794 g/mol. The van der Waals surface area contributed by atoms with Gasteiger partial charge < -0.3 is 41.4 Å². The number of aliphatic carboxylic acids is 2. The molecule has 0 aliphatic carbocycles. The molecule has 0 heterocycles. The Hall–Kier alpha value is -4.34. The molecule has 302 valence electrons. The summed E-state index contributed by atoms with van der Waals surface area (Å²) in [5, 5.41) is 47.0. The van der Waals surface area contributed by atoms with Gasteiger partial charge in [-0.2, -0.15) is 16.8 Å². The van der Waals surface area contributed by atoms with Gasteiger partial charge in [0.1, 0.15) is 23.2 Å². The number of unbranched alkanes of at least 4 members (excludes halogenated alkanes) is 7. The Morgan fingerprint density at radius 1 is 0.547 bits per heavy atom. The summed E-state index contributed by atoms with van der Waals surface area (Å²) < 4.78 is 65.5. The normalized spacial score (nSPS) is 10.6. The first-order valence-corrected chi connectivity index (χ1v) is 19.7. The fourth-order valence-electron chi connectivity index (χ4n) is 3.71. The van der Waals surface area contributed by atoms with E-state index in [9.17, 15) is 26.4 Å². The standard InChI is InChI=1S/C20H26N4O2.C9H16O4.2C2H6O4S/c21-19(22)15-5-9-17(10-6-15)25-13-3-1-2-4-14-26-18-11-7-16(8-12-18)20(23)24;10-8(11)6-4-2-1-3-5-7-9(12)13;2*3-1-2-7(4,5)6/h5-12H,1-4,13-14H2,(H3,21,22)(H3,23,24);1-7H2,(H,10,11)(H,12,13);2*3H,1-2H2,(H,4,5,6). The third kappa shape index (κ3) is 35.8. The molecule has 0 saturated heterocycles. The molecule has 0 aliphatic heterocycles. The van der Waals surface area contributed by atoms with E-state index in [0.717, 1.165) is 56.4 Å². The highest BCUT2D eigenvalue weighted by Crippen LogP contribution is 2.14. The highest BCUT2D eigenvalue weighted by molar-refractivity contribution is 7.86. The van der Waals surface area contributed by atoms with E-state index in [-0.39, 0.29) is 24.5 Å². The lowest BCUT2D eigenvalue weighted by atomic mass is 10.1. The number of ether oxygens (including phenoxy) is 2. The number of aliphatic hydroxyl groups excluding tert-OH is 2. The average Bonchev–Trinajstić information content (AvgIpc) is 3.05. The number of carboxylic acids is 2. The van der Waals surface area contributed by atoms with Crippen molar-refractivity contribution in [2.75, 3.05) is 37.9 Å². The zero-order chi connectivity index (χ0) is 40.7. The van der Waals surface area contributed by atoms with Crippen molar-refractivity contribution >= 4 is 43.8 Å².